The van der Waals surface area contributed by atoms with Gasteiger partial charge in [0.15, 0.2) is 43.8 Å². The lowest BCUT2D eigenvalue weighted by Gasteiger charge is -2.48. The fourth-order valence-electron chi connectivity index (χ4n) is 12.1. The van der Waals surface area contributed by atoms with Crippen molar-refractivity contribution in [2.24, 2.45) is 65.1 Å². The van der Waals surface area contributed by atoms with Crippen LogP contribution in [0.4, 0.5) is 17.6 Å². The Hall–Kier alpha value is -5.62. The Balaban J connectivity index is 0.000000284. The van der Waals surface area contributed by atoms with E-state index < -0.39 is 271 Å². The average molecular weight is 1430 g/mol. The highest BCUT2D eigenvalue weighted by Crippen LogP contribution is 2.43. The molecule has 0 bridgehead atoms. The van der Waals surface area contributed by atoms with Crippen LogP contribution in [0.15, 0.2) is 30.7 Å². The minimum atomic E-state index is -4.31. The number of hydrogen-bond acceptors (Lipinski definition) is 36. The summed E-state index contributed by atoms with van der Waals surface area (Å²) in [6, 6.07) is -12.8. The predicted octanol–water partition coefficient (Wildman–Crippen LogP) is -7.13. The van der Waals surface area contributed by atoms with E-state index in [1.165, 1.54) is 0 Å². The molecular formula is C46H76F4N24O24. The van der Waals surface area contributed by atoms with Crippen molar-refractivity contribution in [1.29, 1.82) is 0 Å². The molecule has 6 heterocycles. The Kier molecular flexibility index (Phi) is 28.3. The van der Waals surface area contributed by atoms with Gasteiger partial charge in [-0.3, -0.25) is 0 Å². The van der Waals surface area contributed by atoms with Gasteiger partial charge >= 0.3 is 0 Å². The molecule has 0 aromatic heterocycles. The first-order valence-electron chi connectivity index (χ1n) is 29.7. The molecule has 52 heteroatoms. The molecule has 0 amide bonds. The Labute approximate surface area is 547 Å². The molecule has 0 spiro atoms. The fraction of sp³-hybridized carbons (Fsp3) is 1.00. The summed E-state index contributed by atoms with van der Waals surface area (Å²) in [6.07, 6.45) is -49.0. The molecule has 36 atom stereocenters. The van der Waals surface area contributed by atoms with E-state index in [-0.39, 0.29) is 13.0 Å². The lowest BCUT2D eigenvalue weighted by atomic mass is 9.84. The number of nitrogens with zero attached hydrogens (tertiary/aromatic N) is 18. The molecule has 2 aliphatic carbocycles. The fourth-order valence-corrected chi connectivity index (χ4v) is 12.1. The first kappa shape index (κ1) is 79.7. The van der Waals surface area contributed by atoms with Crippen molar-refractivity contribution in [2.45, 2.75) is 245 Å². The van der Waals surface area contributed by atoms with Gasteiger partial charge in [0.2, 0.25) is 0 Å². The van der Waals surface area contributed by atoms with Crippen molar-refractivity contribution < 1.29 is 136 Å². The quantitative estimate of drug-likeness (QED) is 0.0185. The Morgan fingerprint density at radius 2 is 0.847 bits per heavy atom. The standard InChI is InChI=1S/C23H32F2N18O12.C23H44F2N6O12/c24-23(25)18(37-43-31)22(51-8(19(23)49)3-33-39-27)53-15-6(35-41-29)1-5(34-40-28)11(45)17(15)55-21-14(48)16(9(4-44)52-21)54-20-10(36-42-30)13(47)12(46)7(50-20)2-32-38-26;24-23(25)18(31)22(39-8(3-27)19(23)37)41-15-6(29)1-5(28)11(33)17(15)43-21-14(36)16(9(4-32)40-21)42-20-10(30)13(35)12(34)7(2-26)38-20/h5-22,44-49H,1-4H2;5-22,32-37H,1-4,26-31H2/t2*5-,6+,7+,8-,9-,10-,11+,12-,13-,14-,15-,16-,17-,18+,19-,20-,21+,22-/m11/s1. The summed E-state index contributed by atoms with van der Waals surface area (Å²) in [5, 5.41) is 146. The van der Waals surface area contributed by atoms with E-state index in [9.17, 15) is 75.6 Å². The van der Waals surface area contributed by atoms with Crippen LogP contribution in [0.2, 0.25) is 0 Å². The van der Waals surface area contributed by atoms with Crippen molar-refractivity contribution in [3.05, 3.63) is 62.7 Å². The number of halogens is 4. The summed E-state index contributed by atoms with van der Waals surface area (Å²) in [4.78, 5) is 15.2. The summed E-state index contributed by atoms with van der Waals surface area (Å²) in [5.74, 6) is -8.17. The van der Waals surface area contributed by atoms with Crippen molar-refractivity contribution in [1.82, 2.24) is 0 Å². The van der Waals surface area contributed by atoms with E-state index in [2.05, 4.69) is 60.2 Å². The molecule has 98 heavy (non-hydrogen) atoms. The van der Waals surface area contributed by atoms with Crippen LogP contribution in [0.3, 0.4) is 0 Å². The SMILES string of the molecule is NC[C@@H]1O[C@H](O[C@H]2[C@@H](O)[C@H](O[C@@H]3[C@@H](O)[C@H](N)C[C@H](N)[C@H]3O[C@H]3O[C@H](CN)[C@@H](O)C(F)(F)[C@H]3N)O[C@@H]2CO)[C@H](N)[C@@H](O)[C@@H]1O.[N-]=[N+]=NC[C@@H]1O[C@H](O[C@H]2[C@@H](O)[C@H](O[C@@H]3[C@@H](O)[C@H](N=[N+]=[N-])C[C@H](N=[N+]=[N-])[C@H]3O[C@H]3O[C@H](CN=[N+]=[N-])[C@@H](O)C(F)(F)[C@H]3N=[N+]=[N-])O[C@@H]2CO)[C@H](N=[N+]=[N-])[C@@H](O)[C@@H]1O. The molecule has 0 unspecified atom stereocenters. The molecule has 6 aliphatic heterocycles. The Morgan fingerprint density at radius 3 is 1.39 bits per heavy atom. The number of ether oxygens (including phenoxy) is 12. The molecule has 8 rings (SSSR count). The van der Waals surface area contributed by atoms with Crippen LogP contribution < -0.4 is 34.4 Å². The van der Waals surface area contributed by atoms with Crippen LogP contribution in [-0.4, -0.2) is 333 Å². The van der Waals surface area contributed by atoms with Crippen LogP contribution >= 0.6 is 0 Å². The molecule has 0 aromatic carbocycles. The summed E-state index contributed by atoms with van der Waals surface area (Å²) in [7, 11) is 0. The highest BCUT2D eigenvalue weighted by atomic mass is 19.3. The van der Waals surface area contributed by atoms with E-state index in [4.69, 9.17) is 119 Å². The number of rotatable bonds is 24. The number of nitrogens with two attached hydrogens (primary N) is 6. The summed E-state index contributed by atoms with van der Waals surface area (Å²) in [5.41, 5.74) is 88.9. The van der Waals surface area contributed by atoms with Crippen LogP contribution in [0.25, 0.3) is 62.7 Å². The third-order valence-corrected chi connectivity index (χ3v) is 17.5. The van der Waals surface area contributed by atoms with Gasteiger partial charge in [0, 0.05) is 54.6 Å². The first-order chi connectivity index (χ1) is 46.5. The largest absolute Gasteiger partial charge is 0.394 e. The van der Waals surface area contributed by atoms with E-state index in [1.54, 1.807) is 0 Å². The van der Waals surface area contributed by atoms with E-state index in [1.807, 2.05) is 0 Å². The van der Waals surface area contributed by atoms with Crippen molar-refractivity contribution >= 4 is 0 Å². The molecule has 552 valence electrons. The maximum Gasteiger partial charge on any atom is 0.295 e. The van der Waals surface area contributed by atoms with Gasteiger partial charge in [-0.2, -0.15) is 0 Å². The van der Waals surface area contributed by atoms with Gasteiger partial charge in [0.05, 0.1) is 81.1 Å². The highest BCUT2D eigenvalue weighted by Gasteiger charge is 2.63. The lowest BCUT2D eigenvalue weighted by Crippen LogP contribution is -2.70. The second-order valence-corrected chi connectivity index (χ2v) is 23.5. The zero-order valence-corrected chi connectivity index (χ0v) is 50.7. The molecule has 0 aromatic rings. The molecular weight excluding hydrogens is 1350 g/mol. The Bertz CT molecular complexity index is 2930. The average Bonchev–Trinajstić information content (AvgIpc) is 0.792. The smallest absolute Gasteiger partial charge is 0.295 e. The molecule has 48 nitrogen and oxygen atoms in total. The molecule has 8 fully saturated rings. The van der Waals surface area contributed by atoms with Gasteiger partial charge in [0.1, 0.15) is 110 Å². The number of alkyl halides is 4. The number of hydrogen-bond donors (Lipinski definition) is 18. The normalized spacial score (nSPS) is 46.6. The minimum Gasteiger partial charge on any atom is -0.394 e. The van der Waals surface area contributed by atoms with Crippen LogP contribution in [-0.2, 0) is 56.8 Å². The van der Waals surface area contributed by atoms with Crippen molar-refractivity contribution in [2.75, 3.05) is 39.4 Å². The maximum absolute atomic E-state index is 15.4. The zero-order chi connectivity index (χ0) is 72.4. The van der Waals surface area contributed by atoms with Crippen LogP contribution in [0.1, 0.15) is 12.8 Å². The van der Waals surface area contributed by atoms with Gasteiger partial charge in [-0.1, -0.05) is 30.7 Å². The molecule has 0 radical (unpaired) electrons. The van der Waals surface area contributed by atoms with Crippen LogP contribution in [0, 0.1) is 0 Å². The third-order valence-electron chi connectivity index (χ3n) is 17.5. The zero-order valence-electron chi connectivity index (χ0n) is 50.7. The van der Waals surface area contributed by atoms with Crippen molar-refractivity contribution in [3.8, 4) is 0 Å². The topological polar surface area (TPSA) is 802 Å². The third kappa shape index (κ3) is 17.0. The number of azide groups is 6. The summed E-state index contributed by atoms with van der Waals surface area (Å²) >= 11 is 0. The molecule has 8 aliphatic rings. The van der Waals surface area contributed by atoms with Gasteiger partial charge in [-0.25, -0.2) is 17.6 Å². The first-order valence-corrected chi connectivity index (χ1v) is 29.7. The van der Waals surface area contributed by atoms with Gasteiger partial charge in [-0.15, -0.1) is 0 Å². The summed E-state index contributed by atoms with van der Waals surface area (Å²) in [6.45, 7) is -3.74. The predicted molar refractivity (Wildman–Crippen MR) is 304 cm³/mol. The van der Waals surface area contributed by atoms with E-state index in [0.717, 1.165) is 0 Å². The highest BCUT2D eigenvalue weighted by molar-refractivity contribution is 5.08. The second-order valence-electron chi connectivity index (χ2n) is 23.5. The van der Waals surface area contributed by atoms with Crippen LogP contribution in [0.5, 0.6) is 0 Å². The second kappa shape index (κ2) is 34.8. The maximum atomic E-state index is 15.4. The summed E-state index contributed by atoms with van der Waals surface area (Å²) < 4.78 is 128. The Morgan fingerprint density at radius 1 is 0.398 bits per heavy atom. The monoisotopic (exact) mass is 1420 g/mol. The number of aliphatic hydroxyl groups is 12. The molecule has 6 saturated heterocycles. The van der Waals surface area contributed by atoms with Gasteiger partial charge in [-0.05, 0) is 46.0 Å². The lowest BCUT2D eigenvalue weighted by molar-refractivity contribution is -0.331. The van der Waals surface area contributed by atoms with Crippen molar-refractivity contribution in [3.63, 3.8) is 0 Å². The molecule has 2 saturated carbocycles. The van der Waals surface area contributed by atoms with Gasteiger partial charge < -0.3 is 153 Å². The minimum absolute atomic E-state index is 0.0422. The van der Waals surface area contributed by atoms with E-state index >= 15 is 8.78 Å². The van der Waals surface area contributed by atoms with Gasteiger partial charge in [0.25, 0.3) is 11.8 Å². The van der Waals surface area contributed by atoms with E-state index in [0.29, 0.717) is 0 Å². The molecule has 24 N–H and O–H groups in total. The number of aliphatic hydroxyl groups excluding tert-OH is 12.